The van der Waals surface area contributed by atoms with Gasteiger partial charge in [-0.15, -0.1) is 0 Å². The van der Waals surface area contributed by atoms with Crippen molar-refractivity contribution in [1.82, 2.24) is 10.4 Å². The quantitative estimate of drug-likeness (QED) is 0.244. The second kappa shape index (κ2) is 8.28. The average molecular weight is 321 g/mol. The van der Waals surface area contributed by atoms with Crippen LogP contribution in [-0.4, -0.2) is 45.1 Å². The van der Waals surface area contributed by atoms with Crippen LogP contribution < -0.4 is 20.7 Å². The molecule has 0 saturated carbocycles. The molecule has 2 aromatic rings. The van der Waals surface area contributed by atoms with E-state index < -0.39 is 5.91 Å². The molecule has 3 N–H and O–H groups in total. The standard InChI is InChI=1S/C15H19N3O5/c1-20-5-6-22-9-23-14-8-13(15(19)18-16)17-12-7-10(21-2)3-4-11(12)14/h3-4,7-8H,5-6,9,16H2,1-2H3,(H,18,19). The number of nitrogens with zero attached hydrogens (tertiary/aromatic N) is 1. The number of hydrogen-bond acceptors (Lipinski definition) is 7. The zero-order valence-corrected chi connectivity index (χ0v) is 13.0. The van der Waals surface area contributed by atoms with E-state index in [1.54, 1.807) is 32.4 Å². The lowest BCUT2D eigenvalue weighted by Crippen LogP contribution is -2.30. The largest absolute Gasteiger partial charge is 0.497 e. The summed E-state index contributed by atoms with van der Waals surface area (Å²) in [4.78, 5) is 16.0. The van der Waals surface area contributed by atoms with Gasteiger partial charge in [-0.2, -0.15) is 0 Å². The minimum absolute atomic E-state index is 0.0260. The smallest absolute Gasteiger partial charge is 0.283 e. The van der Waals surface area contributed by atoms with Crippen LogP contribution in [0.2, 0.25) is 0 Å². The molecule has 124 valence electrons. The lowest BCUT2D eigenvalue weighted by molar-refractivity contribution is -0.00785. The van der Waals surface area contributed by atoms with E-state index in [-0.39, 0.29) is 12.5 Å². The van der Waals surface area contributed by atoms with Gasteiger partial charge in [0.25, 0.3) is 5.91 Å². The van der Waals surface area contributed by atoms with E-state index in [1.807, 2.05) is 5.43 Å². The van der Waals surface area contributed by atoms with Crippen LogP contribution in [0, 0.1) is 0 Å². The summed E-state index contributed by atoms with van der Waals surface area (Å²) < 4.78 is 20.9. The number of hydrogen-bond donors (Lipinski definition) is 2. The fraction of sp³-hybridized carbons (Fsp3) is 0.333. The van der Waals surface area contributed by atoms with Gasteiger partial charge in [-0.05, 0) is 12.1 Å². The van der Waals surface area contributed by atoms with Crippen molar-refractivity contribution in [2.75, 3.05) is 34.2 Å². The number of carbonyl (C=O) groups is 1. The predicted octanol–water partition coefficient (Wildman–Crippen LogP) is 0.846. The molecule has 2 rings (SSSR count). The molecule has 0 unspecified atom stereocenters. The van der Waals surface area contributed by atoms with Gasteiger partial charge in [0.05, 0.1) is 25.8 Å². The Labute approximate surface area is 133 Å². The van der Waals surface area contributed by atoms with Gasteiger partial charge < -0.3 is 18.9 Å². The molecule has 0 spiro atoms. The second-order valence-corrected chi connectivity index (χ2v) is 4.53. The van der Waals surface area contributed by atoms with Crippen LogP contribution in [0.1, 0.15) is 10.5 Å². The van der Waals surface area contributed by atoms with Crippen molar-refractivity contribution in [2.45, 2.75) is 0 Å². The van der Waals surface area contributed by atoms with Gasteiger partial charge in [0.2, 0.25) is 0 Å². The van der Waals surface area contributed by atoms with Crippen molar-refractivity contribution >= 4 is 16.8 Å². The molecule has 8 nitrogen and oxygen atoms in total. The van der Waals surface area contributed by atoms with Crippen molar-refractivity contribution in [3.05, 3.63) is 30.0 Å². The SMILES string of the molecule is COCCOCOc1cc(C(=O)NN)nc2cc(OC)ccc12. The highest BCUT2D eigenvalue weighted by molar-refractivity contribution is 5.97. The van der Waals surface area contributed by atoms with Crippen LogP contribution in [0.5, 0.6) is 11.5 Å². The minimum Gasteiger partial charge on any atom is -0.497 e. The van der Waals surface area contributed by atoms with Crippen molar-refractivity contribution in [3.8, 4) is 11.5 Å². The number of benzene rings is 1. The number of methoxy groups -OCH3 is 2. The average Bonchev–Trinajstić information content (AvgIpc) is 2.59. The van der Waals surface area contributed by atoms with Crippen LogP contribution in [0.3, 0.4) is 0 Å². The molecule has 1 aromatic heterocycles. The molecule has 0 saturated heterocycles. The van der Waals surface area contributed by atoms with E-state index in [1.165, 1.54) is 6.07 Å². The maximum atomic E-state index is 11.7. The molecule has 1 amide bonds. The number of hydrazine groups is 1. The Bertz CT molecular complexity index is 677. The predicted molar refractivity (Wildman–Crippen MR) is 83.3 cm³/mol. The van der Waals surface area contributed by atoms with E-state index in [0.29, 0.717) is 30.2 Å². The molecule has 0 radical (unpaired) electrons. The maximum absolute atomic E-state index is 11.7. The molecule has 1 aromatic carbocycles. The van der Waals surface area contributed by atoms with Gasteiger partial charge in [0, 0.05) is 24.6 Å². The summed E-state index contributed by atoms with van der Waals surface area (Å²) in [5, 5.41) is 0.731. The number of amides is 1. The molecule has 0 aliphatic rings. The van der Waals surface area contributed by atoms with Gasteiger partial charge in [-0.3, -0.25) is 10.2 Å². The molecule has 0 aliphatic carbocycles. The van der Waals surface area contributed by atoms with Crippen molar-refractivity contribution in [3.63, 3.8) is 0 Å². The molecule has 23 heavy (non-hydrogen) atoms. The lowest BCUT2D eigenvalue weighted by atomic mass is 10.1. The highest BCUT2D eigenvalue weighted by Crippen LogP contribution is 2.28. The zero-order chi connectivity index (χ0) is 16.7. The number of nitrogen functional groups attached to an aromatic ring is 1. The van der Waals surface area contributed by atoms with Gasteiger partial charge in [0.15, 0.2) is 6.79 Å². The molecular weight excluding hydrogens is 302 g/mol. The fourth-order valence-corrected chi connectivity index (χ4v) is 1.92. The third-order valence-electron chi connectivity index (χ3n) is 3.07. The van der Waals surface area contributed by atoms with Crippen LogP contribution >= 0.6 is 0 Å². The van der Waals surface area contributed by atoms with Crippen LogP contribution in [0.15, 0.2) is 24.3 Å². The maximum Gasteiger partial charge on any atom is 0.283 e. The normalized spacial score (nSPS) is 10.6. The Kier molecular flexibility index (Phi) is 6.10. The fourth-order valence-electron chi connectivity index (χ4n) is 1.92. The summed E-state index contributed by atoms with van der Waals surface area (Å²) in [6.45, 7) is 0.903. The van der Waals surface area contributed by atoms with Crippen LogP contribution in [0.4, 0.5) is 0 Å². The molecular formula is C15H19N3O5. The monoisotopic (exact) mass is 321 g/mol. The number of ether oxygens (including phenoxy) is 4. The highest BCUT2D eigenvalue weighted by Gasteiger charge is 2.13. The van der Waals surface area contributed by atoms with Crippen molar-refractivity contribution in [2.24, 2.45) is 5.84 Å². The summed E-state index contributed by atoms with van der Waals surface area (Å²) >= 11 is 0. The van der Waals surface area contributed by atoms with Gasteiger partial charge in [-0.25, -0.2) is 10.8 Å². The summed E-state index contributed by atoms with van der Waals surface area (Å²) in [6, 6.07) is 6.80. The summed E-state index contributed by atoms with van der Waals surface area (Å²) in [7, 11) is 3.14. The Balaban J connectivity index is 2.30. The van der Waals surface area contributed by atoms with Gasteiger partial charge in [0.1, 0.15) is 17.2 Å². The number of nitrogens with one attached hydrogen (secondary N) is 1. The van der Waals surface area contributed by atoms with Gasteiger partial charge in [-0.1, -0.05) is 0 Å². The summed E-state index contributed by atoms with van der Waals surface area (Å²) in [5.41, 5.74) is 2.74. The number of fused-ring (bicyclic) bond motifs is 1. The second-order valence-electron chi connectivity index (χ2n) is 4.53. The van der Waals surface area contributed by atoms with E-state index in [9.17, 15) is 4.79 Å². The number of aromatic nitrogens is 1. The summed E-state index contributed by atoms with van der Waals surface area (Å²) in [6.07, 6.45) is 0. The van der Waals surface area contributed by atoms with Crippen LogP contribution in [0.25, 0.3) is 10.9 Å². The third kappa shape index (κ3) is 4.28. The van der Waals surface area contributed by atoms with E-state index in [2.05, 4.69) is 4.98 Å². The van der Waals surface area contributed by atoms with E-state index in [0.717, 1.165) is 5.39 Å². The lowest BCUT2D eigenvalue weighted by Gasteiger charge is -2.12. The van der Waals surface area contributed by atoms with Crippen molar-refractivity contribution < 1.29 is 23.7 Å². The number of carbonyl (C=O) groups excluding carboxylic acids is 1. The van der Waals surface area contributed by atoms with Crippen molar-refractivity contribution in [1.29, 1.82) is 0 Å². The van der Waals surface area contributed by atoms with E-state index >= 15 is 0 Å². The minimum atomic E-state index is -0.514. The van der Waals surface area contributed by atoms with Gasteiger partial charge >= 0.3 is 0 Å². The molecule has 8 heteroatoms. The Morgan fingerprint density at radius 3 is 2.78 bits per heavy atom. The molecule has 0 fully saturated rings. The molecule has 1 heterocycles. The number of nitrogens with two attached hydrogens (primary N) is 1. The first-order valence-corrected chi connectivity index (χ1v) is 6.88. The first-order chi connectivity index (χ1) is 11.2. The van der Waals surface area contributed by atoms with Crippen LogP contribution in [-0.2, 0) is 9.47 Å². The highest BCUT2D eigenvalue weighted by atomic mass is 16.7. The topological polar surface area (TPSA) is 105 Å². The Hall–Kier alpha value is -2.42. The molecule has 0 bridgehead atoms. The first-order valence-electron chi connectivity index (χ1n) is 6.88. The third-order valence-corrected chi connectivity index (χ3v) is 3.07. The Morgan fingerprint density at radius 2 is 2.09 bits per heavy atom. The number of rotatable bonds is 8. The number of pyridine rings is 1. The molecule has 0 atom stereocenters. The summed E-state index contributed by atoms with van der Waals surface area (Å²) in [5.74, 6) is 5.74. The zero-order valence-electron chi connectivity index (χ0n) is 13.0. The van der Waals surface area contributed by atoms with E-state index in [4.69, 9.17) is 24.8 Å². The molecule has 0 aliphatic heterocycles. The first kappa shape index (κ1) is 16.9. The Morgan fingerprint density at radius 1 is 1.26 bits per heavy atom.